The van der Waals surface area contributed by atoms with E-state index in [4.69, 9.17) is 4.74 Å². The number of rotatable bonds is 5. The first-order chi connectivity index (χ1) is 8.38. The minimum Gasteiger partial charge on any atom is -0.464 e. The van der Waals surface area contributed by atoms with Crippen LogP contribution in [0.25, 0.3) is 0 Å². The molecule has 0 spiro atoms. The molecule has 0 radical (unpaired) electrons. The molecule has 1 saturated heterocycles. The molecular formula is C12H20N4O. The molecule has 1 aliphatic heterocycles. The Bertz CT molecular complexity index is 339. The van der Waals surface area contributed by atoms with Gasteiger partial charge in [-0.2, -0.15) is 0 Å². The van der Waals surface area contributed by atoms with Crippen molar-refractivity contribution in [2.75, 3.05) is 39.3 Å². The van der Waals surface area contributed by atoms with Crippen molar-refractivity contribution in [2.45, 2.75) is 13.3 Å². The zero-order valence-corrected chi connectivity index (χ0v) is 10.4. The fraction of sp³-hybridized carbons (Fsp3) is 0.667. The fourth-order valence-electron chi connectivity index (χ4n) is 1.92. The SMILES string of the molecule is CCOc1nccc(CCN2CCNCC2)n1. The van der Waals surface area contributed by atoms with Gasteiger partial charge < -0.3 is 15.0 Å². The van der Waals surface area contributed by atoms with E-state index in [2.05, 4.69) is 20.2 Å². The summed E-state index contributed by atoms with van der Waals surface area (Å²) in [5, 5.41) is 3.35. The fourth-order valence-corrected chi connectivity index (χ4v) is 1.92. The number of hydrogen-bond donors (Lipinski definition) is 1. The molecular weight excluding hydrogens is 216 g/mol. The molecule has 17 heavy (non-hydrogen) atoms. The number of ether oxygens (including phenoxy) is 1. The van der Waals surface area contributed by atoms with Gasteiger partial charge in [0.1, 0.15) is 0 Å². The number of nitrogens with one attached hydrogen (secondary N) is 1. The van der Waals surface area contributed by atoms with Gasteiger partial charge in [0.15, 0.2) is 0 Å². The van der Waals surface area contributed by atoms with Crippen LogP contribution in [0.3, 0.4) is 0 Å². The lowest BCUT2D eigenvalue weighted by Crippen LogP contribution is -2.44. The van der Waals surface area contributed by atoms with E-state index >= 15 is 0 Å². The molecule has 0 unspecified atom stereocenters. The predicted octanol–water partition coefficient (Wildman–Crippen LogP) is 0.323. The van der Waals surface area contributed by atoms with Gasteiger partial charge in [0.05, 0.1) is 6.61 Å². The third-order valence-corrected chi connectivity index (χ3v) is 2.86. The zero-order chi connectivity index (χ0) is 11.9. The summed E-state index contributed by atoms with van der Waals surface area (Å²) in [6.45, 7) is 8.05. The average Bonchev–Trinajstić information content (AvgIpc) is 2.39. The molecule has 1 fully saturated rings. The van der Waals surface area contributed by atoms with Gasteiger partial charge in [-0.3, -0.25) is 0 Å². The topological polar surface area (TPSA) is 50.3 Å². The molecule has 1 aromatic rings. The Balaban J connectivity index is 1.83. The quantitative estimate of drug-likeness (QED) is 0.798. The van der Waals surface area contributed by atoms with E-state index in [1.807, 2.05) is 13.0 Å². The summed E-state index contributed by atoms with van der Waals surface area (Å²) in [6, 6.07) is 2.45. The first kappa shape index (κ1) is 12.3. The van der Waals surface area contributed by atoms with Gasteiger partial charge in [-0.1, -0.05) is 0 Å². The summed E-state index contributed by atoms with van der Waals surface area (Å²) in [4.78, 5) is 10.9. The number of piperazine rings is 1. The summed E-state index contributed by atoms with van der Waals surface area (Å²) < 4.78 is 5.29. The largest absolute Gasteiger partial charge is 0.464 e. The van der Waals surface area contributed by atoms with Gasteiger partial charge in [0.25, 0.3) is 0 Å². The third kappa shape index (κ3) is 3.94. The van der Waals surface area contributed by atoms with E-state index in [1.165, 1.54) is 0 Å². The van der Waals surface area contributed by atoms with Crippen molar-refractivity contribution >= 4 is 0 Å². The summed E-state index contributed by atoms with van der Waals surface area (Å²) in [5.41, 5.74) is 1.06. The van der Waals surface area contributed by atoms with E-state index in [9.17, 15) is 0 Å². The van der Waals surface area contributed by atoms with Crippen molar-refractivity contribution in [2.24, 2.45) is 0 Å². The summed E-state index contributed by atoms with van der Waals surface area (Å²) >= 11 is 0. The Hall–Kier alpha value is -1.20. The highest BCUT2D eigenvalue weighted by Crippen LogP contribution is 2.05. The minimum absolute atomic E-state index is 0.491. The first-order valence-corrected chi connectivity index (χ1v) is 6.26. The summed E-state index contributed by atoms with van der Waals surface area (Å²) in [6.07, 6.45) is 2.73. The maximum Gasteiger partial charge on any atom is 0.316 e. The molecule has 1 aliphatic rings. The molecule has 0 aliphatic carbocycles. The maximum atomic E-state index is 5.29. The van der Waals surface area contributed by atoms with Crippen molar-refractivity contribution in [3.8, 4) is 6.01 Å². The lowest BCUT2D eigenvalue weighted by Gasteiger charge is -2.26. The van der Waals surface area contributed by atoms with Crippen molar-refractivity contribution in [3.63, 3.8) is 0 Å². The Morgan fingerprint density at radius 1 is 1.41 bits per heavy atom. The van der Waals surface area contributed by atoms with E-state index < -0.39 is 0 Å². The van der Waals surface area contributed by atoms with Gasteiger partial charge in [-0.05, 0) is 13.0 Å². The molecule has 2 heterocycles. The van der Waals surface area contributed by atoms with Crippen LogP contribution in [-0.2, 0) is 6.42 Å². The molecule has 94 valence electrons. The van der Waals surface area contributed by atoms with Crippen molar-refractivity contribution in [3.05, 3.63) is 18.0 Å². The van der Waals surface area contributed by atoms with Crippen LogP contribution in [0.4, 0.5) is 0 Å². The molecule has 0 atom stereocenters. The third-order valence-electron chi connectivity index (χ3n) is 2.86. The molecule has 0 aromatic carbocycles. The van der Waals surface area contributed by atoms with Crippen LogP contribution >= 0.6 is 0 Å². The Morgan fingerprint density at radius 3 is 3.00 bits per heavy atom. The van der Waals surface area contributed by atoms with Crippen LogP contribution in [0.15, 0.2) is 12.3 Å². The summed E-state index contributed by atoms with van der Waals surface area (Å²) in [7, 11) is 0. The van der Waals surface area contributed by atoms with E-state index in [0.717, 1.165) is 44.8 Å². The van der Waals surface area contributed by atoms with Crippen LogP contribution in [-0.4, -0.2) is 54.2 Å². The Kier molecular flexibility index (Phi) is 4.70. The average molecular weight is 236 g/mol. The Labute approximate surface area is 102 Å². The molecule has 0 bridgehead atoms. The molecule has 5 nitrogen and oxygen atoms in total. The molecule has 2 rings (SSSR count). The molecule has 1 N–H and O–H groups in total. The van der Waals surface area contributed by atoms with Crippen LogP contribution < -0.4 is 10.1 Å². The second-order valence-corrected chi connectivity index (χ2v) is 4.11. The van der Waals surface area contributed by atoms with E-state index in [-0.39, 0.29) is 0 Å². The van der Waals surface area contributed by atoms with Crippen LogP contribution in [0.2, 0.25) is 0 Å². The van der Waals surface area contributed by atoms with Crippen LogP contribution in [0, 0.1) is 0 Å². The standard InChI is InChI=1S/C12H20N4O/c1-2-17-12-14-5-3-11(15-12)4-8-16-9-6-13-7-10-16/h3,5,13H,2,4,6-10H2,1H3. The van der Waals surface area contributed by atoms with Gasteiger partial charge in [0.2, 0.25) is 0 Å². The van der Waals surface area contributed by atoms with E-state index in [0.29, 0.717) is 12.6 Å². The van der Waals surface area contributed by atoms with Gasteiger partial charge in [0, 0.05) is 51.0 Å². The lowest BCUT2D eigenvalue weighted by atomic mass is 10.2. The van der Waals surface area contributed by atoms with Crippen molar-refractivity contribution in [1.29, 1.82) is 0 Å². The van der Waals surface area contributed by atoms with Crippen LogP contribution in [0.5, 0.6) is 6.01 Å². The summed E-state index contributed by atoms with van der Waals surface area (Å²) in [5.74, 6) is 0. The Morgan fingerprint density at radius 2 is 2.24 bits per heavy atom. The van der Waals surface area contributed by atoms with Gasteiger partial charge in [-0.15, -0.1) is 0 Å². The maximum absolute atomic E-state index is 5.29. The monoisotopic (exact) mass is 236 g/mol. The minimum atomic E-state index is 0.491. The van der Waals surface area contributed by atoms with E-state index in [1.54, 1.807) is 6.20 Å². The van der Waals surface area contributed by atoms with Crippen molar-refractivity contribution < 1.29 is 4.74 Å². The van der Waals surface area contributed by atoms with Gasteiger partial charge >= 0.3 is 6.01 Å². The predicted molar refractivity (Wildman–Crippen MR) is 66.2 cm³/mol. The zero-order valence-electron chi connectivity index (χ0n) is 10.4. The number of nitrogens with zero attached hydrogens (tertiary/aromatic N) is 3. The number of aromatic nitrogens is 2. The van der Waals surface area contributed by atoms with Gasteiger partial charge in [-0.25, -0.2) is 9.97 Å². The number of hydrogen-bond acceptors (Lipinski definition) is 5. The second-order valence-electron chi connectivity index (χ2n) is 4.11. The first-order valence-electron chi connectivity index (χ1n) is 6.26. The van der Waals surface area contributed by atoms with Crippen molar-refractivity contribution in [1.82, 2.24) is 20.2 Å². The molecule has 0 amide bonds. The highest BCUT2D eigenvalue weighted by molar-refractivity contribution is 5.06. The molecule has 5 heteroatoms. The molecule has 1 aromatic heterocycles. The second kappa shape index (κ2) is 6.51. The molecule has 0 saturated carbocycles. The van der Waals surface area contributed by atoms with Crippen LogP contribution in [0.1, 0.15) is 12.6 Å². The smallest absolute Gasteiger partial charge is 0.316 e. The highest BCUT2D eigenvalue weighted by atomic mass is 16.5. The lowest BCUT2D eigenvalue weighted by molar-refractivity contribution is 0.242. The normalized spacial score (nSPS) is 17.0. The highest BCUT2D eigenvalue weighted by Gasteiger charge is 2.09.